The lowest BCUT2D eigenvalue weighted by molar-refractivity contribution is 0.415. The van der Waals surface area contributed by atoms with E-state index in [9.17, 15) is 0 Å². The second-order valence-corrected chi connectivity index (χ2v) is 11.0. The van der Waals surface area contributed by atoms with Crippen LogP contribution >= 0.6 is 0 Å². The maximum Gasteiger partial charge on any atom is 0.163 e. The molecule has 0 saturated carbocycles. The molecule has 0 spiro atoms. The van der Waals surface area contributed by atoms with Gasteiger partial charge in [0.15, 0.2) is 11.6 Å². The minimum atomic E-state index is 0.675. The summed E-state index contributed by atoms with van der Waals surface area (Å²) in [5.41, 5.74) is 12.6. The number of rotatable bonds is 5. The Balaban J connectivity index is 1.47. The molecule has 0 aliphatic heterocycles. The van der Waals surface area contributed by atoms with Crippen molar-refractivity contribution in [2.24, 2.45) is 0 Å². The van der Waals surface area contributed by atoms with Gasteiger partial charge in [0.1, 0.15) is 12.1 Å². The van der Waals surface area contributed by atoms with E-state index in [2.05, 4.69) is 103 Å². The average molecular weight is 561 g/mol. The lowest BCUT2D eigenvalue weighted by Gasteiger charge is -2.22. The van der Waals surface area contributed by atoms with Gasteiger partial charge in [0, 0.05) is 21.9 Å². The quantitative estimate of drug-likeness (QED) is 0.211. The molecule has 7 aromatic rings. The molecule has 0 amide bonds. The first-order chi connectivity index (χ1) is 21.0. The van der Waals surface area contributed by atoms with Gasteiger partial charge in [-0.1, -0.05) is 66.7 Å². The molecule has 210 valence electrons. The summed E-state index contributed by atoms with van der Waals surface area (Å²) in [7, 11) is 1.72. The summed E-state index contributed by atoms with van der Waals surface area (Å²) in [4.78, 5) is 14.0. The smallest absolute Gasteiger partial charge is 0.163 e. The van der Waals surface area contributed by atoms with Crippen molar-refractivity contribution in [2.45, 2.75) is 27.7 Å². The van der Waals surface area contributed by atoms with Crippen LogP contribution in [0.4, 0.5) is 0 Å². The Morgan fingerprint density at radius 3 is 1.79 bits per heavy atom. The molecule has 7 rings (SSSR count). The fourth-order valence-electron chi connectivity index (χ4n) is 6.29. The van der Waals surface area contributed by atoms with Crippen LogP contribution in [-0.4, -0.2) is 26.6 Å². The second-order valence-electron chi connectivity index (χ2n) is 11.0. The van der Waals surface area contributed by atoms with Gasteiger partial charge in [0.25, 0.3) is 0 Å². The van der Waals surface area contributed by atoms with Gasteiger partial charge in [-0.2, -0.15) is 0 Å². The first-order valence-electron chi connectivity index (χ1n) is 14.5. The van der Waals surface area contributed by atoms with E-state index in [-0.39, 0.29) is 0 Å². The minimum Gasteiger partial charge on any atom is -0.497 e. The van der Waals surface area contributed by atoms with E-state index in [1.807, 2.05) is 36.4 Å². The van der Waals surface area contributed by atoms with E-state index in [1.54, 1.807) is 13.4 Å². The molecule has 0 saturated heterocycles. The summed E-state index contributed by atoms with van der Waals surface area (Å²) >= 11 is 0. The third-order valence-corrected chi connectivity index (χ3v) is 8.72. The highest BCUT2D eigenvalue weighted by atomic mass is 16.5. The van der Waals surface area contributed by atoms with Crippen LogP contribution in [0.2, 0.25) is 0 Å². The zero-order valence-electron chi connectivity index (χ0n) is 25.0. The Morgan fingerprint density at radius 1 is 0.558 bits per heavy atom. The summed E-state index contributed by atoms with van der Waals surface area (Å²) in [5.74, 6) is 2.22. The van der Waals surface area contributed by atoms with Gasteiger partial charge >= 0.3 is 0 Å². The molecule has 0 fully saturated rings. The maximum absolute atomic E-state index is 5.66. The second kappa shape index (κ2) is 10.5. The Morgan fingerprint density at radius 2 is 1.14 bits per heavy atom. The predicted octanol–water partition coefficient (Wildman–Crippen LogP) is 9.21. The number of hydrogen-bond donors (Lipinski definition) is 0. The lowest BCUT2D eigenvalue weighted by atomic mass is 9.91. The molecule has 43 heavy (non-hydrogen) atoms. The number of fused-ring (bicyclic) bond motifs is 3. The zero-order valence-corrected chi connectivity index (χ0v) is 25.0. The van der Waals surface area contributed by atoms with Gasteiger partial charge in [0.2, 0.25) is 0 Å². The highest BCUT2D eigenvalue weighted by Gasteiger charge is 2.23. The third kappa shape index (κ3) is 4.36. The van der Waals surface area contributed by atoms with E-state index in [1.165, 1.54) is 33.3 Å². The summed E-state index contributed by atoms with van der Waals surface area (Å²) in [6.45, 7) is 8.77. The highest BCUT2D eigenvalue weighted by molar-refractivity contribution is 6.11. The summed E-state index contributed by atoms with van der Waals surface area (Å²) < 4.78 is 8.08. The van der Waals surface area contributed by atoms with E-state index >= 15 is 0 Å². The van der Waals surface area contributed by atoms with Crippen molar-refractivity contribution in [2.75, 3.05) is 7.11 Å². The minimum absolute atomic E-state index is 0.675. The van der Waals surface area contributed by atoms with Gasteiger partial charge in [-0.3, -0.25) is 0 Å². The molecule has 5 aromatic carbocycles. The van der Waals surface area contributed by atoms with Gasteiger partial charge in [-0.15, -0.1) is 0 Å². The molecule has 0 N–H and O–H groups in total. The Hall–Kier alpha value is -5.29. The summed E-state index contributed by atoms with van der Waals surface area (Å²) in [6, 6.07) is 33.7. The molecule has 0 aliphatic rings. The number of benzene rings is 5. The molecule has 2 heterocycles. The van der Waals surface area contributed by atoms with Crippen molar-refractivity contribution < 1.29 is 4.74 Å². The van der Waals surface area contributed by atoms with Crippen LogP contribution in [0, 0.1) is 27.7 Å². The molecule has 5 heteroatoms. The Labute approximate surface area is 251 Å². The first kappa shape index (κ1) is 26.6. The van der Waals surface area contributed by atoms with E-state index in [4.69, 9.17) is 9.72 Å². The van der Waals surface area contributed by atoms with Crippen LogP contribution in [0.15, 0.2) is 103 Å². The predicted molar refractivity (Wildman–Crippen MR) is 176 cm³/mol. The molecule has 0 radical (unpaired) electrons. The standard InChI is InChI=1S/C38H32N4O/c1-23-25(3)36(26(4)24(2)35(23)38-40-22-39-37(41-38)28-14-10-7-11-15-28)42-33-18-16-29(27-12-8-6-9-13-27)20-31(33)32-21-30(43-5)17-19-34(32)42/h6-22H,1-5H3. The van der Waals surface area contributed by atoms with Crippen LogP contribution in [0.25, 0.3) is 61.4 Å². The van der Waals surface area contributed by atoms with Crippen LogP contribution in [-0.2, 0) is 0 Å². The molecular formula is C38H32N4O. The molecule has 5 nitrogen and oxygen atoms in total. The van der Waals surface area contributed by atoms with Crippen molar-refractivity contribution >= 4 is 21.8 Å². The number of nitrogens with zero attached hydrogens (tertiary/aromatic N) is 4. The van der Waals surface area contributed by atoms with Crippen molar-refractivity contribution in [1.82, 2.24) is 19.5 Å². The maximum atomic E-state index is 5.66. The van der Waals surface area contributed by atoms with Crippen LogP contribution in [0.5, 0.6) is 5.75 Å². The Bertz CT molecular complexity index is 2120. The van der Waals surface area contributed by atoms with E-state index < -0.39 is 0 Å². The zero-order chi connectivity index (χ0) is 29.7. The molecule has 0 bridgehead atoms. The van der Waals surface area contributed by atoms with Crippen LogP contribution in [0.1, 0.15) is 22.3 Å². The molecule has 0 unspecified atom stereocenters. The average Bonchev–Trinajstić information content (AvgIpc) is 3.37. The van der Waals surface area contributed by atoms with Crippen molar-refractivity contribution in [1.29, 1.82) is 0 Å². The van der Waals surface area contributed by atoms with Crippen LogP contribution < -0.4 is 4.74 Å². The fourth-order valence-corrected chi connectivity index (χ4v) is 6.29. The summed E-state index contributed by atoms with van der Waals surface area (Å²) in [5, 5.41) is 2.36. The summed E-state index contributed by atoms with van der Waals surface area (Å²) in [6.07, 6.45) is 1.62. The number of aromatic nitrogens is 4. The number of ether oxygens (including phenoxy) is 1. The topological polar surface area (TPSA) is 52.8 Å². The van der Waals surface area contributed by atoms with E-state index in [0.717, 1.165) is 44.4 Å². The first-order valence-corrected chi connectivity index (χ1v) is 14.5. The number of hydrogen-bond acceptors (Lipinski definition) is 4. The SMILES string of the molecule is COc1ccc2c(c1)c1cc(-c3ccccc3)ccc1n2-c1c(C)c(C)c(-c2ncnc(-c3ccccc3)n2)c(C)c1C. The number of methoxy groups -OCH3 is 1. The monoisotopic (exact) mass is 560 g/mol. The van der Waals surface area contributed by atoms with Gasteiger partial charge < -0.3 is 9.30 Å². The van der Waals surface area contributed by atoms with Gasteiger partial charge in [0.05, 0.1) is 23.8 Å². The largest absolute Gasteiger partial charge is 0.497 e. The normalized spacial score (nSPS) is 11.4. The van der Waals surface area contributed by atoms with Crippen LogP contribution in [0.3, 0.4) is 0 Å². The van der Waals surface area contributed by atoms with Gasteiger partial charge in [-0.25, -0.2) is 15.0 Å². The van der Waals surface area contributed by atoms with Crippen molar-refractivity contribution in [3.8, 4) is 45.3 Å². The van der Waals surface area contributed by atoms with Gasteiger partial charge in [-0.05, 0) is 91.4 Å². The molecular weight excluding hydrogens is 528 g/mol. The molecule has 0 aliphatic carbocycles. The fraction of sp³-hybridized carbons (Fsp3) is 0.132. The van der Waals surface area contributed by atoms with Crippen molar-refractivity contribution in [3.05, 3.63) is 126 Å². The lowest BCUT2D eigenvalue weighted by Crippen LogP contribution is -2.08. The molecule has 2 aromatic heterocycles. The van der Waals surface area contributed by atoms with E-state index in [0.29, 0.717) is 11.6 Å². The third-order valence-electron chi connectivity index (χ3n) is 8.72. The van der Waals surface area contributed by atoms with Crippen molar-refractivity contribution in [3.63, 3.8) is 0 Å². The Kier molecular flexibility index (Phi) is 6.51. The highest BCUT2D eigenvalue weighted by Crippen LogP contribution is 2.41. The molecule has 0 atom stereocenters.